The Morgan fingerprint density at radius 3 is 2.67 bits per heavy atom. The highest BCUT2D eigenvalue weighted by atomic mass is 16.3. The summed E-state index contributed by atoms with van der Waals surface area (Å²) in [7, 11) is 1.84. The summed E-state index contributed by atoms with van der Waals surface area (Å²) in [6, 6.07) is 9.99. The summed E-state index contributed by atoms with van der Waals surface area (Å²) in [5, 5.41) is 10.6. The normalized spacial score (nSPS) is 11.0. The van der Waals surface area contributed by atoms with Crippen LogP contribution in [0.25, 0.3) is 22.4 Å². The summed E-state index contributed by atoms with van der Waals surface area (Å²) in [6.45, 7) is 2.05. The van der Waals surface area contributed by atoms with E-state index in [1.165, 1.54) is 0 Å². The van der Waals surface area contributed by atoms with Crippen LogP contribution in [-0.2, 0) is 7.05 Å². The molecule has 1 aromatic carbocycles. The molecule has 0 aliphatic carbocycles. The second-order valence-electron chi connectivity index (χ2n) is 4.38. The van der Waals surface area contributed by atoms with E-state index in [0.29, 0.717) is 5.82 Å². The van der Waals surface area contributed by atoms with Crippen LogP contribution < -0.4 is 0 Å². The third-order valence-electron chi connectivity index (χ3n) is 3.02. The first-order valence-electron chi connectivity index (χ1n) is 5.74. The summed E-state index contributed by atoms with van der Waals surface area (Å²) in [5.41, 5.74) is 2.86. The van der Waals surface area contributed by atoms with Crippen LogP contribution in [0.4, 0.5) is 0 Å². The molecule has 90 valence electrons. The number of aromatic hydroxyl groups is 1. The minimum absolute atomic E-state index is 0.0140. The van der Waals surface area contributed by atoms with Gasteiger partial charge in [-0.05, 0) is 24.6 Å². The highest BCUT2D eigenvalue weighted by Gasteiger charge is 2.10. The van der Waals surface area contributed by atoms with Gasteiger partial charge in [-0.3, -0.25) is 0 Å². The van der Waals surface area contributed by atoms with Gasteiger partial charge in [-0.25, -0.2) is 4.98 Å². The number of hydrogen-bond acceptors (Lipinski definition) is 3. The van der Waals surface area contributed by atoms with Crippen LogP contribution in [0.5, 0.6) is 5.88 Å². The molecule has 0 saturated heterocycles. The van der Waals surface area contributed by atoms with E-state index in [1.807, 2.05) is 31.3 Å². The number of hydrogen-bond donors (Lipinski definition) is 1. The van der Waals surface area contributed by atoms with Crippen molar-refractivity contribution in [3.05, 3.63) is 42.1 Å². The van der Waals surface area contributed by atoms with Gasteiger partial charge in [0, 0.05) is 12.4 Å². The van der Waals surface area contributed by atoms with Gasteiger partial charge < -0.3 is 9.67 Å². The Balaban J connectivity index is 2.27. The molecule has 0 atom stereocenters. The minimum Gasteiger partial charge on any atom is -0.492 e. The van der Waals surface area contributed by atoms with Crippen molar-refractivity contribution in [3.63, 3.8) is 0 Å². The maximum atomic E-state index is 9.42. The SMILES string of the molecule is Cc1cc(-c2nc(O)cn2C)nc2ccccc12. The maximum absolute atomic E-state index is 9.42. The number of pyridine rings is 1. The van der Waals surface area contributed by atoms with Gasteiger partial charge in [0.05, 0.1) is 11.7 Å². The van der Waals surface area contributed by atoms with Gasteiger partial charge in [-0.15, -0.1) is 0 Å². The summed E-state index contributed by atoms with van der Waals surface area (Å²) >= 11 is 0. The number of nitrogens with zero attached hydrogens (tertiary/aromatic N) is 3. The molecule has 0 radical (unpaired) electrons. The lowest BCUT2D eigenvalue weighted by atomic mass is 10.1. The maximum Gasteiger partial charge on any atom is 0.229 e. The molecular weight excluding hydrogens is 226 g/mol. The standard InChI is InChI=1S/C14H13N3O/c1-9-7-12(14-16-13(18)8-17(14)2)15-11-6-4-3-5-10(9)11/h3-8,18H,1-2H3. The van der Waals surface area contributed by atoms with Gasteiger partial charge >= 0.3 is 0 Å². The second kappa shape index (κ2) is 3.84. The Hall–Kier alpha value is -2.36. The third-order valence-corrected chi connectivity index (χ3v) is 3.02. The van der Waals surface area contributed by atoms with Crippen LogP contribution in [0.15, 0.2) is 36.5 Å². The average molecular weight is 239 g/mol. The molecule has 0 fully saturated rings. The summed E-state index contributed by atoms with van der Waals surface area (Å²) in [5.74, 6) is 0.682. The van der Waals surface area contributed by atoms with E-state index < -0.39 is 0 Å². The van der Waals surface area contributed by atoms with Crippen molar-refractivity contribution in [1.29, 1.82) is 0 Å². The first-order valence-corrected chi connectivity index (χ1v) is 5.74. The van der Waals surface area contributed by atoms with Crippen molar-refractivity contribution in [2.45, 2.75) is 6.92 Å². The highest BCUT2D eigenvalue weighted by Crippen LogP contribution is 2.24. The average Bonchev–Trinajstić information content (AvgIpc) is 2.68. The molecule has 0 unspecified atom stereocenters. The van der Waals surface area contributed by atoms with Crippen LogP contribution in [0.1, 0.15) is 5.56 Å². The zero-order valence-electron chi connectivity index (χ0n) is 10.3. The monoisotopic (exact) mass is 239 g/mol. The van der Waals surface area contributed by atoms with Crippen molar-refractivity contribution < 1.29 is 5.11 Å². The van der Waals surface area contributed by atoms with Gasteiger partial charge in [0.1, 0.15) is 5.69 Å². The van der Waals surface area contributed by atoms with Crippen molar-refractivity contribution in [2.75, 3.05) is 0 Å². The third kappa shape index (κ3) is 1.62. The topological polar surface area (TPSA) is 50.9 Å². The van der Waals surface area contributed by atoms with E-state index in [-0.39, 0.29) is 5.88 Å². The molecule has 0 spiro atoms. The van der Waals surface area contributed by atoms with E-state index in [9.17, 15) is 5.11 Å². The van der Waals surface area contributed by atoms with Crippen LogP contribution >= 0.6 is 0 Å². The zero-order chi connectivity index (χ0) is 12.7. The molecule has 0 bridgehead atoms. The Kier molecular flexibility index (Phi) is 2.30. The van der Waals surface area contributed by atoms with Crippen LogP contribution in [0, 0.1) is 6.92 Å². The molecule has 0 saturated carbocycles. The Labute approximate surface area is 105 Å². The zero-order valence-corrected chi connectivity index (χ0v) is 10.3. The molecule has 3 rings (SSSR count). The number of fused-ring (bicyclic) bond motifs is 1. The van der Waals surface area contributed by atoms with E-state index in [2.05, 4.69) is 23.0 Å². The Morgan fingerprint density at radius 2 is 1.94 bits per heavy atom. The van der Waals surface area contributed by atoms with Crippen molar-refractivity contribution in [2.24, 2.45) is 7.05 Å². The number of aromatic nitrogens is 3. The molecule has 0 aliphatic heterocycles. The lowest BCUT2D eigenvalue weighted by Crippen LogP contribution is -1.95. The van der Waals surface area contributed by atoms with E-state index in [1.54, 1.807) is 10.8 Å². The molecule has 0 amide bonds. The fourth-order valence-electron chi connectivity index (χ4n) is 2.15. The second-order valence-corrected chi connectivity index (χ2v) is 4.38. The fourth-order valence-corrected chi connectivity index (χ4v) is 2.15. The molecule has 1 N–H and O–H groups in total. The van der Waals surface area contributed by atoms with Crippen molar-refractivity contribution >= 4 is 10.9 Å². The van der Waals surface area contributed by atoms with Gasteiger partial charge in [0.25, 0.3) is 0 Å². The largest absolute Gasteiger partial charge is 0.492 e. The number of para-hydroxylation sites is 1. The van der Waals surface area contributed by atoms with Crippen molar-refractivity contribution in [3.8, 4) is 17.4 Å². The first-order chi connectivity index (χ1) is 8.65. The number of aryl methyl sites for hydroxylation is 2. The lowest BCUT2D eigenvalue weighted by molar-refractivity contribution is 0.456. The van der Waals surface area contributed by atoms with E-state index in [0.717, 1.165) is 22.2 Å². The smallest absolute Gasteiger partial charge is 0.229 e. The summed E-state index contributed by atoms with van der Waals surface area (Å²) < 4.78 is 1.77. The molecule has 2 aromatic heterocycles. The predicted octanol–water partition coefficient (Wildman–Crippen LogP) is 2.65. The van der Waals surface area contributed by atoms with Gasteiger partial charge in [0.15, 0.2) is 5.82 Å². The van der Waals surface area contributed by atoms with Crippen molar-refractivity contribution in [1.82, 2.24) is 14.5 Å². The Morgan fingerprint density at radius 1 is 1.17 bits per heavy atom. The molecule has 18 heavy (non-hydrogen) atoms. The van der Waals surface area contributed by atoms with Gasteiger partial charge in [-0.2, -0.15) is 4.98 Å². The minimum atomic E-state index is 0.0140. The fraction of sp³-hybridized carbons (Fsp3) is 0.143. The summed E-state index contributed by atoms with van der Waals surface area (Å²) in [4.78, 5) is 8.67. The number of benzene rings is 1. The molecular formula is C14H13N3O. The summed E-state index contributed by atoms with van der Waals surface area (Å²) in [6.07, 6.45) is 1.57. The van der Waals surface area contributed by atoms with Gasteiger partial charge in [0.2, 0.25) is 5.88 Å². The number of imidazole rings is 1. The molecule has 2 heterocycles. The molecule has 4 heteroatoms. The predicted molar refractivity (Wildman–Crippen MR) is 70.3 cm³/mol. The molecule has 4 nitrogen and oxygen atoms in total. The van der Waals surface area contributed by atoms with Crippen LogP contribution in [-0.4, -0.2) is 19.6 Å². The Bertz CT molecular complexity index is 731. The van der Waals surface area contributed by atoms with E-state index >= 15 is 0 Å². The molecule has 3 aromatic rings. The van der Waals surface area contributed by atoms with Gasteiger partial charge in [-0.1, -0.05) is 18.2 Å². The van der Waals surface area contributed by atoms with E-state index in [4.69, 9.17) is 0 Å². The quantitative estimate of drug-likeness (QED) is 0.710. The van der Waals surface area contributed by atoms with Crippen LogP contribution in [0.2, 0.25) is 0 Å². The first kappa shape index (κ1) is 10.8. The molecule has 0 aliphatic rings. The number of rotatable bonds is 1. The highest BCUT2D eigenvalue weighted by molar-refractivity contribution is 5.84. The lowest BCUT2D eigenvalue weighted by Gasteiger charge is -2.06. The van der Waals surface area contributed by atoms with Crippen LogP contribution in [0.3, 0.4) is 0 Å².